The summed E-state index contributed by atoms with van der Waals surface area (Å²) in [7, 11) is 0. The lowest BCUT2D eigenvalue weighted by atomic mass is 10.7. The average Bonchev–Trinajstić information content (AvgIpc) is 2.14. The Bertz CT molecular complexity index is 146. The highest BCUT2D eigenvalue weighted by Crippen LogP contribution is 2.02. The van der Waals surface area contributed by atoms with Gasteiger partial charge in [0, 0.05) is 6.07 Å². The summed E-state index contributed by atoms with van der Waals surface area (Å²) in [6, 6.07) is 1.38. The molecule has 1 aromatic heterocycles. The van der Waals surface area contributed by atoms with Gasteiger partial charge >= 0.3 is 0 Å². The molecule has 1 rings (SSSR count). The summed E-state index contributed by atoms with van der Waals surface area (Å²) < 4.78 is 4.26. The van der Waals surface area contributed by atoms with Crippen LogP contribution in [0.3, 0.4) is 0 Å². The van der Waals surface area contributed by atoms with E-state index >= 15 is 0 Å². The van der Waals surface area contributed by atoms with Crippen molar-refractivity contribution >= 4 is 5.82 Å². The smallest absolute Gasteiger partial charge is 0.238 e. The summed E-state index contributed by atoms with van der Waals surface area (Å²) in [5, 5.41) is 5.66. The van der Waals surface area contributed by atoms with Gasteiger partial charge in [-0.25, -0.2) is 0 Å². The van der Waals surface area contributed by atoms with Crippen molar-refractivity contribution in [3.05, 3.63) is 17.2 Å². The Morgan fingerprint density at radius 1 is 1.86 bits per heavy atom. The zero-order valence-electron chi connectivity index (χ0n) is 3.37. The first-order valence-electron chi connectivity index (χ1n) is 1.67. The van der Waals surface area contributed by atoms with Gasteiger partial charge in [0.15, 0.2) is 0 Å². The Kier molecular flexibility index (Phi) is 0.856. The second kappa shape index (κ2) is 1.51. The lowest BCUT2D eigenvalue weighted by Crippen LogP contribution is -1.51. The maximum atomic E-state index is 9.50. The minimum atomic E-state index is 0.0833. The van der Waals surface area contributed by atoms with Crippen LogP contribution in [0.5, 0.6) is 0 Å². The molecule has 7 heavy (non-hydrogen) atoms. The molecule has 4 heteroatoms. The first kappa shape index (κ1) is 3.98. The molecule has 1 heterocycles. The molecule has 0 aliphatic rings. The number of nitroso groups, excluding NO2 is 1. The van der Waals surface area contributed by atoms with Gasteiger partial charge in [-0.1, -0.05) is 5.16 Å². The molecule has 0 radical (unpaired) electrons. The van der Waals surface area contributed by atoms with Gasteiger partial charge in [0.25, 0.3) is 0 Å². The molecular formula is C3H2N2O2. The van der Waals surface area contributed by atoms with Crippen LogP contribution in [-0.4, -0.2) is 5.16 Å². The molecule has 0 aromatic carbocycles. The Morgan fingerprint density at radius 3 is 3.00 bits per heavy atom. The van der Waals surface area contributed by atoms with Gasteiger partial charge in [-0.15, -0.1) is 4.91 Å². The molecule has 0 saturated carbocycles. The third-order valence-corrected chi connectivity index (χ3v) is 0.518. The molecule has 0 atom stereocenters. The minimum absolute atomic E-state index is 0.0833. The van der Waals surface area contributed by atoms with Crippen molar-refractivity contribution in [2.75, 3.05) is 0 Å². The lowest BCUT2D eigenvalue weighted by Gasteiger charge is -1.61. The number of hydrogen-bond donors (Lipinski definition) is 0. The summed E-state index contributed by atoms with van der Waals surface area (Å²) in [6.07, 6.45) is 1.29. The number of aromatic nitrogens is 1. The van der Waals surface area contributed by atoms with Crippen LogP contribution in [0.1, 0.15) is 0 Å². The Morgan fingerprint density at radius 2 is 2.71 bits per heavy atom. The van der Waals surface area contributed by atoms with Crippen molar-refractivity contribution in [2.24, 2.45) is 5.18 Å². The van der Waals surface area contributed by atoms with E-state index < -0.39 is 0 Å². The van der Waals surface area contributed by atoms with Gasteiger partial charge in [0.2, 0.25) is 5.82 Å². The molecule has 1 aromatic rings. The minimum Gasteiger partial charge on any atom is -0.362 e. The molecule has 0 aliphatic carbocycles. The molecule has 0 amide bonds. The summed E-state index contributed by atoms with van der Waals surface area (Å²) in [5.74, 6) is 0.0833. The van der Waals surface area contributed by atoms with Crippen molar-refractivity contribution in [1.29, 1.82) is 0 Å². The SMILES string of the molecule is O=Nc1ccon1. The van der Waals surface area contributed by atoms with E-state index in [1.807, 2.05) is 0 Å². The molecule has 0 saturated heterocycles. The Labute approximate surface area is 39.1 Å². The summed E-state index contributed by atoms with van der Waals surface area (Å²) in [6.45, 7) is 0. The fourth-order valence-electron chi connectivity index (χ4n) is 0.253. The largest absolute Gasteiger partial charge is 0.362 e. The normalized spacial score (nSPS) is 8.57. The Hall–Kier alpha value is -1.19. The van der Waals surface area contributed by atoms with Crippen LogP contribution in [0, 0.1) is 4.91 Å². The first-order chi connectivity index (χ1) is 3.43. The Balaban J connectivity index is 2.96. The molecule has 0 fully saturated rings. The van der Waals surface area contributed by atoms with Gasteiger partial charge in [-0.2, -0.15) is 0 Å². The van der Waals surface area contributed by atoms with Crippen LogP contribution in [0.25, 0.3) is 0 Å². The van der Waals surface area contributed by atoms with E-state index in [0.29, 0.717) is 0 Å². The van der Waals surface area contributed by atoms with Crippen LogP contribution in [0.2, 0.25) is 0 Å². The molecule has 0 spiro atoms. The van der Waals surface area contributed by atoms with Crippen molar-refractivity contribution in [3.8, 4) is 0 Å². The van der Waals surface area contributed by atoms with E-state index in [-0.39, 0.29) is 5.82 Å². The van der Waals surface area contributed by atoms with Crippen molar-refractivity contribution in [2.45, 2.75) is 0 Å². The maximum absolute atomic E-state index is 9.50. The highest BCUT2D eigenvalue weighted by molar-refractivity contribution is 5.20. The topological polar surface area (TPSA) is 55.5 Å². The van der Waals surface area contributed by atoms with Gasteiger partial charge < -0.3 is 4.52 Å². The molecule has 0 aliphatic heterocycles. The predicted molar refractivity (Wildman–Crippen MR) is 22.0 cm³/mol. The second-order valence-corrected chi connectivity index (χ2v) is 0.949. The van der Waals surface area contributed by atoms with E-state index in [1.165, 1.54) is 12.3 Å². The number of hydrogen-bond acceptors (Lipinski definition) is 4. The quantitative estimate of drug-likeness (QED) is 0.493. The molecule has 0 unspecified atom stereocenters. The van der Waals surface area contributed by atoms with Crippen molar-refractivity contribution < 1.29 is 4.52 Å². The summed E-state index contributed by atoms with van der Waals surface area (Å²) >= 11 is 0. The van der Waals surface area contributed by atoms with E-state index in [0.717, 1.165) is 0 Å². The van der Waals surface area contributed by atoms with E-state index in [1.54, 1.807) is 0 Å². The monoisotopic (exact) mass is 98.0 g/mol. The standard InChI is InChI=1S/C3H2N2O2/c6-4-3-1-2-7-5-3/h1-2H. The fraction of sp³-hybridized carbons (Fsp3) is 0. The molecular weight excluding hydrogens is 96.0 g/mol. The van der Waals surface area contributed by atoms with Gasteiger partial charge in [-0.3, -0.25) is 0 Å². The molecule has 36 valence electrons. The molecule has 4 nitrogen and oxygen atoms in total. The fourth-order valence-corrected chi connectivity index (χ4v) is 0.253. The van der Waals surface area contributed by atoms with Gasteiger partial charge in [0.05, 0.1) is 0 Å². The van der Waals surface area contributed by atoms with Crippen molar-refractivity contribution in [1.82, 2.24) is 5.16 Å². The summed E-state index contributed by atoms with van der Waals surface area (Å²) in [4.78, 5) is 9.50. The predicted octanol–water partition coefficient (Wildman–Crippen LogP) is 1.07. The van der Waals surface area contributed by atoms with Gasteiger partial charge in [-0.05, 0) is 5.18 Å². The third kappa shape index (κ3) is 0.623. The second-order valence-electron chi connectivity index (χ2n) is 0.949. The zero-order valence-corrected chi connectivity index (χ0v) is 3.37. The van der Waals surface area contributed by atoms with Crippen LogP contribution in [0.15, 0.2) is 22.0 Å². The van der Waals surface area contributed by atoms with Crippen LogP contribution < -0.4 is 0 Å². The van der Waals surface area contributed by atoms with Crippen LogP contribution in [0.4, 0.5) is 5.82 Å². The average molecular weight is 98.1 g/mol. The molecule has 0 bridgehead atoms. The van der Waals surface area contributed by atoms with Crippen LogP contribution >= 0.6 is 0 Å². The summed E-state index contributed by atoms with van der Waals surface area (Å²) in [5.41, 5.74) is 0. The number of nitrogens with zero attached hydrogens (tertiary/aromatic N) is 2. The highest BCUT2D eigenvalue weighted by Gasteiger charge is 1.88. The number of rotatable bonds is 1. The maximum Gasteiger partial charge on any atom is 0.238 e. The third-order valence-electron chi connectivity index (χ3n) is 0.518. The van der Waals surface area contributed by atoms with Crippen molar-refractivity contribution in [3.63, 3.8) is 0 Å². The first-order valence-corrected chi connectivity index (χ1v) is 1.67. The van der Waals surface area contributed by atoms with E-state index in [9.17, 15) is 4.91 Å². The van der Waals surface area contributed by atoms with Gasteiger partial charge in [0.1, 0.15) is 6.26 Å². The van der Waals surface area contributed by atoms with E-state index in [4.69, 9.17) is 0 Å². The highest BCUT2D eigenvalue weighted by atomic mass is 16.5. The van der Waals surface area contributed by atoms with E-state index in [2.05, 4.69) is 14.9 Å². The van der Waals surface area contributed by atoms with Crippen LogP contribution in [-0.2, 0) is 0 Å². The zero-order chi connectivity index (χ0) is 5.11. The molecule has 0 N–H and O–H groups in total. The lowest BCUT2D eigenvalue weighted by molar-refractivity contribution is 0.422.